The van der Waals surface area contributed by atoms with E-state index in [-0.39, 0.29) is 11.9 Å². The molecule has 4 aromatic rings. The van der Waals surface area contributed by atoms with Gasteiger partial charge in [0.25, 0.3) is 0 Å². The maximum Gasteiger partial charge on any atom is 0.157 e. The number of hydrogen-bond acceptors (Lipinski definition) is 4. The van der Waals surface area contributed by atoms with Crippen LogP contribution in [-0.2, 0) is 7.05 Å². The summed E-state index contributed by atoms with van der Waals surface area (Å²) in [4.78, 5) is 9.15. The Balaban J connectivity index is 1.79. The van der Waals surface area contributed by atoms with Crippen molar-refractivity contribution in [3.63, 3.8) is 0 Å². The highest BCUT2D eigenvalue weighted by atomic mass is 19.1. The van der Waals surface area contributed by atoms with E-state index < -0.39 is 0 Å². The molecule has 7 heteroatoms. The van der Waals surface area contributed by atoms with Crippen LogP contribution < -0.4 is 5.32 Å². The largest absolute Gasteiger partial charge is 0.360 e. The third kappa shape index (κ3) is 3.28. The van der Waals surface area contributed by atoms with Gasteiger partial charge in [0, 0.05) is 37.1 Å². The first-order valence-corrected chi connectivity index (χ1v) is 8.87. The van der Waals surface area contributed by atoms with Gasteiger partial charge in [-0.05, 0) is 30.2 Å². The highest BCUT2D eigenvalue weighted by Gasteiger charge is 2.21. The zero-order chi connectivity index (χ0) is 19.0. The van der Waals surface area contributed by atoms with Gasteiger partial charge >= 0.3 is 0 Å². The Bertz CT molecular complexity index is 1060. The minimum atomic E-state index is -0.266. The smallest absolute Gasteiger partial charge is 0.157 e. The van der Waals surface area contributed by atoms with Gasteiger partial charge in [-0.2, -0.15) is 9.61 Å². The molecule has 0 aliphatic carbocycles. The molecule has 0 amide bonds. The molecule has 0 aliphatic rings. The van der Waals surface area contributed by atoms with E-state index in [4.69, 9.17) is 0 Å². The van der Waals surface area contributed by atoms with Crippen LogP contribution in [0.15, 0.2) is 55.0 Å². The predicted octanol–water partition coefficient (Wildman–Crippen LogP) is 4.08. The Hall–Kier alpha value is -3.22. The zero-order valence-electron chi connectivity index (χ0n) is 15.5. The summed E-state index contributed by atoms with van der Waals surface area (Å²) in [6.45, 7) is 4.30. The highest BCUT2D eigenvalue weighted by molar-refractivity contribution is 5.66. The van der Waals surface area contributed by atoms with E-state index in [1.165, 1.54) is 12.1 Å². The molecular formula is C20H21FN6. The van der Waals surface area contributed by atoms with E-state index in [1.54, 1.807) is 29.0 Å². The van der Waals surface area contributed by atoms with Crippen LogP contribution in [0.2, 0.25) is 0 Å². The van der Waals surface area contributed by atoms with Crippen molar-refractivity contribution in [3.8, 4) is 11.3 Å². The quantitative estimate of drug-likeness (QED) is 0.580. The van der Waals surface area contributed by atoms with Gasteiger partial charge in [-0.25, -0.2) is 14.4 Å². The molecule has 0 spiro atoms. The summed E-state index contributed by atoms with van der Waals surface area (Å²) in [6, 6.07) is 10.1. The third-order valence-corrected chi connectivity index (χ3v) is 4.61. The van der Waals surface area contributed by atoms with Crippen LogP contribution in [0.1, 0.15) is 25.7 Å². The minimum Gasteiger partial charge on any atom is -0.360 e. The SMILES string of the molecule is CC(C)[C@H](Nc1cc(-c2ccc(F)cc2)nc2ccnn12)c1nccn1C. The molecule has 1 N–H and O–H groups in total. The molecule has 0 saturated carbocycles. The van der Waals surface area contributed by atoms with Crippen molar-refractivity contribution in [2.45, 2.75) is 19.9 Å². The molecule has 3 aromatic heterocycles. The van der Waals surface area contributed by atoms with E-state index in [1.807, 2.05) is 29.9 Å². The topological polar surface area (TPSA) is 60.0 Å². The van der Waals surface area contributed by atoms with Gasteiger partial charge in [0.05, 0.1) is 17.9 Å². The first-order valence-electron chi connectivity index (χ1n) is 8.87. The summed E-state index contributed by atoms with van der Waals surface area (Å²) in [6.07, 6.45) is 5.45. The standard InChI is InChI=1S/C20H21FN6/c1-13(2)19(20-22-10-11-26(20)3)25-18-12-16(14-4-6-15(21)7-5-14)24-17-8-9-23-27(17)18/h4-13,19,25H,1-3H3/t19-/m0/s1. The Morgan fingerprint density at radius 2 is 1.85 bits per heavy atom. The van der Waals surface area contributed by atoms with Crippen molar-refractivity contribution in [2.75, 3.05) is 5.32 Å². The lowest BCUT2D eigenvalue weighted by atomic mass is 10.0. The third-order valence-electron chi connectivity index (χ3n) is 4.61. The molecule has 4 rings (SSSR count). The fourth-order valence-electron chi connectivity index (χ4n) is 3.15. The second-order valence-electron chi connectivity index (χ2n) is 6.90. The van der Waals surface area contributed by atoms with Crippen LogP contribution in [0, 0.1) is 11.7 Å². The van der Waals surface area contributed by atoms with E-state index in [2.05, 4.69) is 34.2 Å². The van der Waals surface area contributed by atoms with Gasteiger partial charge in [-0.15, -0.1) is 0 Å². The van der Waals surface area contributed by atoms with Crippen molar-refractivity contribution in [2.24, 2.45) is 13.0 Å². The Kier molecular flexibility index (Phi) is 4.35. The molecule has 1 aromatic carbocycles. The van der Waals surface area contributed by atoms with Gasteiger partial charge in [0.15, 0.2) is 5.65 Å². The summed E-state index contributed by atoms with van der Waals surface area (Å²) in [5.41, 5.74) is 2.33. The van der Waals surface area contributed by atoms with Crippen molar-refractivity contribution in [3.05, 3.63) is 66.6 Å². The second-order valence-corrected chi connectivity index (χ2v) is 6.90. The molecule has 6 nitrogen and oxygen atoms in total. The summed E-state index contributed by atoms with van der Waals surface area (Å²) in [5, 5.41) is 7.96. The molecule has 0 bridgehead atoms. The van der Waals surface area contributed by atoms with E-state index >= 15 is 0 Å². The van der Waals surface area contributed by atoms with Crippen molar-refractivity contribution in [1.29, 1.82) is 0 Å². The number of nitrogens with one attached hydrogen (secondary N) is 1. The van der Waals surface area contributed by atoms with Gasteiger partial charge in [-0.1, -0.05) is 13.8 Å². The summed E-state index contributed by atoms with van der Waals surface area (Å²) in [7, 11) is 1.99. The second kappa shape index (κ2) is 6.83. The van der Waals surface area contributed by atoms with Crippen LogP contribution in [0.4, 0.5) is 10.2 Å². The number of fused-ring (bicyclic) bond motifs is 1. The molecule has 0 saturated heterocycles. The lowest BCUT2D eigenvalue weighted by molar-refractivity contribution is 0.505. The number of nitrogens with zero attached hydrogens (tertiary/aromatic N) is 5. The molecule has 0 radical (unpaired) electrons. The number of hydrogen-bond donors (Lipinski definition) is 1. The predicted molar refractivity (Wildman–Crippen MR) is 103 cm³/mol. The van der Waals surface area contributed by atoms with Crippen LogP contribution in [-0.4, -0.2) is 24.1 Å². The Morgan fingerprint density at radius 1 is 1.07 bits per heavy atom. The summed E-state index contributed by atoms with van der Waals surface area (Å²) < 4.78 is 17.1. The average Bonchev–Trinajstić information content (AvgIpc) is 3.28. The lowest BCUT2D eigenvalue weighted by Crippen LogP contribution is -2.22. The number of benzene rings is 1. The Labute approximate surface area is 156 Å². The number of rotatable bonds is 5. The van der Waals surface area contributed by atoms with Gasteiger partial charge < -0.3 is 9.88 Å². The zero-order valence-corrected chi connectivity index (χ0v) is 15.5. The molecule has 3 heterocycles. The minimum absolute atomic E-state index is 0.000804. The molecular weight excluding hydrogens is 343 g/mol. The number of aryl methyl sites for hydroxylation is 1. The van der Waals surface area contributed by atoms with Crippen LogP contribution >= 0.6 is 0 Å². The molecule has 0 aliphatic heterocycles. The van der Waals surface area contributed by atoms with Crippen molar-refractivity contribution >= 4 is 11.5 Å². The first-order chi connectivity index (χ1) is 13.0. The van der Waals surface area contributed by atoms with E-state index in [0.29, 0.717) is 5.92 Å². The maximum atomic E-state index is 13.3. The van der Waals surface area contributed by atoms with Crippen molar-refractivity contribution < 1.29 is 4.39 Å². The molecule has 27 heavy (non-hydrogen) atoms. The Morgan fingerprint density at radius 3 is 2.52 bits per heavy atom. The van der Waals surface area contributed by atoms with E-state index in [0.717, 1.165) is 28.5 Å². The normalized spacial score (nSPS) is 12.6. The fourth-order valence-corrected chi connectivity index (χ4v) is 3.15. The number of aromatic nitrogens is 5. The number of halogens is 1. The maximum absolute atomic E-state index is 13.3. The van der Waals surface area contributed by atoms with E-state index in [9.17, 15) is 4.39 Å². The molecule has 138 valence electrons. The van der Waals surface area contributed by atoms with Crippen LogP contribution in [0.25, 0.3) is 16.9 Å². The number of anilines is 1. The lowest BCUT2D eigenvalue weighted by Gasteiger charge is -2.23. The highest BCUT2D eigenvalue weighted by Crippen LogP contribution is 2.28. The summed E-state index contributed by atoms with van der Waals surface area (Å²) in [5.74, 6) is 1.80. The molecule has 0 unspecified atom stereocenters. The average molecular weight is 364 g/mol. The van der Waals surface area contributed by atoms with Gasteiger partial charge in [-0.3, -0.25) is 0 Å². The van der Waals surface area contributed by atoms with Crippen LogP contribution in [0.3, 0.4) is 0 Å². The van der Waals surface area contributed by atoms with Gasteiger partial charge in [0.2, 0.25) is 0 Å². The summed E-state index contributed by atoms with van der Waals surface area (Å²) >= 11 is 0. The van der Waals surface area contributed by atoms with Crippen molar-refractivity contribution in [1.82, 2.24) is 24.1 Å². The molecule has 0 fully saturated rings. The van der Waals surface area contributed by atoms with Crippen LogP contribution in [0.5, 0.6) is 0 Å². The molecule has 1 atom stereocenters. The van der Waals surface area contributed by atoms with Gasteiger partial charge in [0.1, 0.15) is 17.5 Å². The number of imidazole rings is 1. The first kappa shape index (κ1) is 17.2. The monoisotopic (exact) mass is 364 g/mol. The fraction of sp³-hybridized carbons (Fsp3) is 0.250.